The third kappa shape index (κ3) is 16.3. The topological polar surface area (TPSA) is 217 Å². The van der Waals surface area contributed by atoms with Crippen molar-refractivity contribution in [2.24, 2.45) is 10.8 Å². The summed E-state index contributed by atoms with van der Waals surface area (Å²) in [5, 5.41) is 5.88. The van der Waals surface area contributed by atoms with E-state index in [1.54, 1.807) is 62.4 Å². The Morgan fingerprint density at radius 2 is 0.833 bits per heavy atom. The lowest BCUT2D eigenvalue weighted by Crippen LogP contribution is -2.58. The molecule has 20 heteroatoms. The molecule has 2 N–H and O–H groups in total. The van der Waals surface area contributed by atoms with Crippen LogP contribution < -0.4 is 20.1 Å². The van der Waals surface area contributed by atoms with Gasteiger partial charge in [-0.2, -0.15) is 0 Å². The molecule has 10 amide bonds. The zero-order chi connectivity index (χ0) is 56.6. The Hall–Kier alpha value is -7.84. The molecule has 2 aliphatic heterocycles. The highest BCUT2D eigenvalue weighted by molar-refractivity contribution is 6.38. The van der Waals surface area contributed by atoms with E-state index in [1.165, 1.54) is 19.6 Å². The molecule has 0 aromatic heterocycles. The van der Waals surface area contributed by atoms with E-state index in [-0.39, 0.29) is 90.3 Å². The number of hydrogen-bond donors (Lipinski definition) is 2. The average molecular weight is 1080 g/mol. The van der Waals surface area contributed by atoms with Gasteiger partial charge in [-0.05, 0) is 71.2 Å². The summed E-state index contributed by atoms with van der Waals surface area (Å²) in [7, 11) is 0. The number of piperazine rings is 2. The molecule has 0 saturated carbocycles. The molecule has 2 atom stereocenters. The normalized spacial score (nSPS) is 14.9. The standard InChI is InChI=1S/C58H74N8O12/c1-9-61-29-31-65(51(69)49(61)67)53(71)59-47(57(3,4)5)43-21-25-45(26-22-43)77-55(73)63(39-41-17-13-11-14-18-41)33-35-75-37-38-76-36-34-64(40-42-19-15-12-16-20-42)56(74)78-46-27-23-44(24-28-46)48(58(6,7)8)60-54(72)66-32-30-62(10-2)50(68)52(66)70/h11-28,47-48H,9-10,29-40H2,1-8H3,(H,59,71)(H,60,72). The number of rotatable bonds is 21. The van der Waals surface area contributed by atoms with E-state index in [2.05, 4.69) is 10.6 Å². The summed E-state index contributed by atoms with van der Waals surface area (Å²) in [6.45, 7) is 18.3. The Balaban J connectivity index is 0.993. The predicted molar refractivity (Wildman–Crippen MR) is 290 cm³/mol. The minimum absolute atomic E-state index is 0.0899. The van der Waals surface area contributed by atoms with Crippen LogP contribution in [-0.2, 0) is 41.7 Å². The molecule has 2 unspecified atom stereocenters. The van der Waals surface area contributed by atoms with Gasteiger partial charge in [0.1, 0.15) is 11.5 Å². The van der Waals surface area contributed by atoms with Gasteiger partial charge in [-0.3, -0.25) is 29.0 Å². The van der Waals surface area contributed by atoms with E-state index in [9.17, 15) is 38.4 Å². The van der Waals surface area contributed by atoms with Gasteiger partial charge in [-0.1, -0.05) is 126 Å². The second kappa shape index (κ2) is 27.5. The molecule has 418 valence electrons. The maximum atomic E-state index is 13.7. The number of benzene rings is 4. The number of ether oxygens (including phenoxy) is 4. The molecule has 2 fully saturated rings. The molecule has 6 rings (SSSR count). The van der Waals surface area contributed by atoms with Crippen molar-refractivity contribution in [1.29, 1.82) is 0 Å². The zero-order valence-electron chi connectivity index (χ0n) is 46.0. The zero-order valence-corrected chi connectivity index (χ0v) is 46.0. The summed E-state index contributed by atoms with van der Waals surface area (Å²) in [5.41, 5.74) is 2.19. The molecule has 0 radical (unpaired) electrons. The van der Waals surface area contributed by atoms with Crippen molar-refractivity contribution in [3.05, 3.63) is 131 Å². The first-order valence-electron chi connectivity index (χ1n) is 26.4. The number of urea groups is 2. The van der Waals surface area contributed by atoms with Crippen molar-refractivity contribution in [3.8, 4) is 11.5 Å². The van der Waals surface area contributed by atoms with Crippen LogP contribution in [0.4, 0.5) is 19.2 Å². The van der Waals surface area contributed by atoms with E-state index >= 15 is 0 Å². The third-order valence-electron chi connectivity index (χ3n) is 13.3. The van der Waals surface area contributed by atoms with E-state index in [1.807, 2.05) is 102 Å². The van der Waals surface area contributed by atoms with Crippen LogP contribution in [-0.4, -0.2) is 156 Å². The summed E-state index contributed by atoms with van der Waals surface area (Å²) in [4.78, 5) is 112. The van der Waals surface area contributed by atoms with Gasteiger partial charge < -0.3 is 49.2 Å². The van der Waals surface area contributed by atoms with E-state index in [0.717, 1.165) is 20.9 Å². The Labute approximate surface area is 456 Å². The number of likely N-dealkylation sites (N-methyl/N-ethyl adjacent to an activating group) is 2. The number of nitrogens with one attached hydrogen (secondary N) is 2. The molecule has 20 nitrogen and oxygen atoms in total. The maximum Gasteiger partial charge on any atom is 0.415 e. The van der Waals surface area contributed by atoms with Crippen LogP contribution in [0.3, 0.4) is 0 Å². The van der Waals surface area contributed by atoms with Gasteiger partial charge in [-0.25, -0.2) is 19.2 Å². The highest BCUT2D eigenvalue weighted by Gasteiger charge is 2.39. The van der Waals surface area contributed by atoms with Gasteiger partial charge >= 0.3 is 47.9 Å². The summed E-state index contributed by atoms with van der Waals surface area (Å²) in [6, 6.07) is 30.1. The number of imide groups is 2. The van der Waals surface area contributed by atoms with Crippen LogP contribution >= 0.6 is 0 Å². The molecule has 0 bridgehead atoms. The maximum absolute atomic E-state index is 13.7. The van der Waals surface area contributed by atoms with E-state index in [0.29, 0.717) is 24.2 Å². The number of hydrogen-bond acceptors (Lipinski definition) is 12. The lowest BCUT2D eigenvalue weighted by molar-refractivity contribution is -0.153. The molecule has 2 heterocycles. The van der Waals surface area contributed by atoms with Crippen LogP contribution in [0, 0.1) is 10.8 Å². The first-order valence-corrected chi connectivity index (χ1v) is 26.4. The smallest absolute Gasteiger partial charge is 0.410 e. The van der Waals surface area contributed by atoms with Gasteiger partial charge in [0.25, 0.3) is 0 Å². The van der Waals surface area contributed by atoms with Crippen molar-refractivity contribution >= 4 is 47.9 Å². The van der Waals surface area contributed by atoms with Gasteiger partial charge in [0.05, 0.1) is 38.5 Å². The van der Waals surface area contributed by atoms with Crippen LogP contribution in [0.2, 0.25) is 0 Å². The van der Waals surface area contributed by atoms with E-state index < -0.39 is 70.8 Å². The van der Waals surface area contributed by atoms with Gasteiger partial charge in [-0.15, -0.1) is 0 Å². The monoisotopic (exact) mass is 1070 g/mol. The fourth-order valence-electron chi connectivity index (χ4n) is 8.88. The van der Waals surface area contributed by atoms with Gasteiger partial charge in [0, 0.05) is 65.4 Å². The van der Waals surface area contributed by atoms with Crippen molar-refractivity contribution in [1.82, 2.24) is 40.0 Å². The molecule has 2 aliphatic rings. The lowest BCUT2D eigenvalue weighted by Gasteiger charge is -2.36. The minimum atomic E-state index is -0.867. The van der Waals surface area contributed by atoms with Crippen molar-refractivity contribution in [2.45, 2.75) is 80.6 Å². The van der Waals surface area contributed by atoms with Crippen LogP contribution in [0.5, 0.6) is 11.5 Å². The predicted octanol–water partition coefficient (Wildman–Crippen LogP) is 7.40. The number of carbonyl (C=O) groups excluding carboxylic acids is 8. The van der Waals surface area contributed by atoms with Crippen molar-refractivity contribution in [2.75, 3.05) is 78.8 Å². The Bertz CT molecular complexity index is 2510. The fourth-order valence-corrected chi connectivity index (χ4v) is 8.88. The van der Waals surface area contributed by atoms with Crippen LogP contribution in [0.15, 0.2) is 109 Å². The fraction of sp³-hybridized carbons (Fsp3) is 0.448. The van der Waals surface area contributed by atoms with E-state index in [4.69, 9.17) is 18.9 Å². The SMILES string of the molecule is CCN1CCN(C(=O)NC(c2ccc(OC(=O)N(CCOCCOCCN(Cc3ccccc3)C(=O)Oc3ccc(C(NC(=O)N4CCN(CC)C(=O)C4=O)C(C)(C)C)cc3)Cc3ccccc3)cc2)C(C)(C)C)C(=O)C1=O. The molecule has 0 spiro atoms. The molecular formula is C58H74N8O12. The highest BCUT2D eigenvalue weighted by Crippen LogP contribution is 2.35. The quantitative estimate of drug-likeness (QED) is 0.0617. The average Bonchev–Trinajstić information content (AvgIpc) is 3.48. The molecule has 4 aromatic carbocycles. The molecule has 78 heavy (non-hydrogen) atoms. The van der Waals surface area contributed by atoms with Crippen LogP contribution in [0.25, 0.3) is 0 Å². The summed E-state index contributed by atoms with van der Waals surface area (Å²) in [6.07, 6.45) is -1.20. The van der Waals surface area contributed by atoms with Crippen molar-refractivity contribution in [3.63, 3.8) is 0 Å². The number of amides is 10. The van der Waals surface area contributed by atoms with Crippen molar-refractivity contribution < 1.29 is 57.3 Å². The lowest BCUT2D eigenvalue weighted by atomic mass is 9.82. The minimum Gasteiger partial charge on any atom is -0.410 e. The molecule has 0 aliphatic carbocycles. The summed E-state index contributed by atoms with van der Waals surface area (Å²) >= 11 is 0. The number of nitrogens with zero attached hydrogens (tertiary/aromatic N) is 6. The Morgan fingerprint density at radius 1 is 0.487 bits per heavy atom. The molecule has 4 aromatic rings. The third-order valence-corrected chi connectivity index (χ3v) is 13.3. The summed E-state index contributed by atoms with van der Waals surface area (Å²) in [5.74, 6) is -2.60. The molecule has 2 saturated heterocycles. The van der Waals surface area contributed by atoms with Gasteiger partial charge in [0.15, 0.2) is 0 Å². The molecular weight excluding hydrogens is 1000 g/mol. The second-order valence-electron chi connectivity index (χ2n) is 21.1. The summed E-state index contributed by atoms with van der Waals surface area (Å²) < 4.78 is 23.5. The van der Waals surface area contributed by atoms with Crippen LogP contribution in [0.1, 0.15) is 89.7 Å². The number of carbonyl (C=O) groups is 8. The highest BCUT2D eigenvalue weighted by atomic mass is 16.6. The Kier molecular flexibility index (Phi) is 20.9. The largest absolute Gasteiger partial charge is 0.415 e. The first kappa shape index (κ1) is 59.4. The Morgan fingerprint density at radius 3 is 1.15 bits per heavy atom. The van der Waals surface area contributed by atoms with Gasteiger partial charge in [0.2, 0.25) is 0 Å². The first-order chi connectivity index (χ1) is 37.2. The second-order valence-corrected chi connectivity index (χ2v) is 21.1.